The van der Waals surface area contributed by atoms with Crippen molar-refractivity contribution in [1.82, 2.24) is 9.78 Å². The molecule has 3 nitrogen and oxygen atoms in total. The molecule has 0 saturated heterocycles. The van der Waals surface area contributed by atoms with Crippen molar-refractivity contribution in [2.75, 3.05) is 11.9 Å². The lowest BCUT2D eigenvalue weighted by molar-refractivity contribution is 0.617. The SMILES string of the molecule is Cc1ccnn1CCNc1cccc(F)c1. The molecule has 0 unspecified atom stereocenters. The molecule has 0 spiro atoms. The van der Waals surface area contributed by atoms with Gasteiger partial charge in [-0.05, 0) is 31.2 Å². The summed E-state index contributed by atoms with van der Waals surface area (Å²) in [4.78, 5) is 0. The van der Waals surface area contributed by atoms with E-state index in [1.165, 1.54) is 12.1 Å². The molecule has 0 radical (unpaired) electrons. The van der Waals surface area contributed by atoms with Gasteiger partial charge in [0.05, 0.1) is 6.54 Å². The summed E-state index contributed by atoms with van der Waals surface area (Å²) in [5.74, 6) is -0.222. The normalized spacial score (nSPS) is 10.4. The molecule has 1 aromatic heterocycles. The van der Waals surface area contributed by atoms with Crippen LogP contribution in [0.25, 0.3) is 0 Å². The van der Waals surface area contributed by atoms with Gasteiger partial charge in [-0.2, -0.15) is 5.10 Å². The van der Waals surface area contributed by atoms with Gasteiger partial charge in [0.1, 0.15) is 5.82 Å². The van der Waals surface area contributed by atoms with E-state index in [1.807, 2.05) is 23.7 Å². The molecule has 0 bridgehead atoms. The van der Waals surface area contributed by atoms with Gasteiger partial charge in [-0.25, -0.2) is 4.39 Å². The fraction of sp³-hybridized carbons (Fsp3) is 0.250. The molecule has 2 aromatic rings. The third-order valence-electron chi connectivity index (χ3n) is 2.41. The van der Waals surface area contributed by atoms with Crippen LogP contribution < -0.4 is 5.32 Å². The van der Waals surface area contributed by atoms with Crippen LogP contribution in [0, 0.1) is 12.7 Å². The Labute approximate surface area is 93.9 Å². The van der Waals surface area contributed by atoms with E-state index in [0.29, 0.717) is 0 Å². The van der Waals surface area contributed by atoms with Crippen LogP contribution in [0.2, 0.25) is 0 Å². The molecule has 84 valence electrons. The number of hydrogen-bond donors (Lipinski definition) is 1. The summed E-state index contributed by atoms with van der Waals surface area (Å²) in [5.41, 5.74) is 1.92. The molecule has 0 amide bonds. The zero-order valence-electron chi connectivity index (χ0n) is 9.15. The van der Waals surface area contributed by atoms with Crippen molar-refractivity contribution in [3.63, 3.8) is 0 Å². The maximum atomic E-state index is 12.9. The molecule has 16 heavy (non-hydrogen) atoms. The number of aromatic nitrogens is 2. The first kappa shape index (κ1) is 10.7. The molecule has 1 heterocycles. The zero-order valence-corrected chi connectivity index (χ0v) is 9.15. The molecule has 1 aromatic carbocycles. The molecule has 4 heteroatoms. The molecule has 0 aliphatic carbocycles. The number of nitrogens with zero attached hydrogens (tertiary/aromatic N) is 2. The number of rotatable bonds is 4. The monoisotopic (exact) mass is 219 g/mol. The van der Waals surface area contributed by atoms with Gasteiger partial charge in [-0.1, -0.05) is 6.07 Å². The summed E-state index contributed by atoms with van der Waals surface area (Å²) in [6, 6.07) is 8.41. The molecule has 0 fully saturated rings. The van der Waals surface area contributed by atoms with Crippen molar-refractivity contribution in [3.05, 3.63) is 48.0 Å². The van der Waals surface area contributed by atoms with Crippen LogP contribution >= 0.6 is 0 Å². The first-order valence-corrected chi connectivity index (χ1v) is 5.23. The third kappa shape index (κ3) is 2.59. The molecule has 0 saturated carbocycles. The third-order valence-corrected chi connectivity index (χ3v) is 2.41. The molecular weight excluding hydrogens is 205 g/mol. The number of benzene rings is 1. The summed E-state index contributed by atoms with van der Waals surface area (Å²) in [6.07, 6.45) is 1.78. The Morgan fingerprint density at radius 1 is 1.38 bits per heavy atom. The van der Waals surface area contributed by atoms with Crippen molar-refractivity contribution in [1.29, 1.82) is 0 Å². The summed E-state index contributed by atoms with van der Waals surface area (Å²) in [7, 11) is 0. The quantitative estimate of drug-likeness (QED) is 0.856. The van der Waals surface area contributed by atoms with Gasteiger partial charge in [0, 0.05) is 24.1 Å². The van der Waals surface area contributed by atoms with Gasteiger partial charge in [0.15, 0.2) is 0 Å². The fourth-order valence-corrected chi connectivity index (χ4v) is 1.54. The first-order chi connectivity index (χ1) is 7.75. The van der Waals surface area contributed by atoms with Crippen molar-refractivity contribution in [3.8, 4) is 0 Å². The Kier molecular flexibility index (Phi) is 3.19. The minimum Gasteiger partial charge on any atom is -0.383 e. The van der Waals surface area contributed by atoms with E-state index in [-0.39, 0.29) is 5.82 Å². The maximum absolute atomic E-state index is 12.9. The summed E-state index contributed by atoms with van der Waals surface area (Å²) >= 11 is 0. The fourth-order valence-electron chi connectivity index (χ4n) is 1.54. The predicted octanol–water partition coefficient (Wildman–Crippen LogP) is 2.44. The van der Waals surface area contributed by atoms with Crippen molar-refractivity contribution in [2.24, 2.45) is 0 Å². The summed E-state index contributed by atoms with van der Waals surface area (Å²) in [6.45, 7) is 3.51. The predicted molar refractivity (Wildman–Crippen MR) is 61.9 cm³/mol. The standard InChI is InChI=1S/C12H14FN3/c1-10-5-6-15-16(10)8-7-14-12-4-2-3-11(13)9-12/h2-6,9,14H,7-8H2,1H3. The topological polar surface area (TPSA) is 29.9 Å². The van der Waals surface area contributed by atoms with Gasteiger partial charge in [-0.15, -0.1) is 0 Å². The molecule has 0 aliphatic heterocycles. The minimum absolute atomic E-state index is 0.222. The van der Waals surface area contributed by atoms with E-state index in [0.717, 1.165) is 24.5 Å². The van der Waals surface area contributed by atoms with Crippen LogP contribution in [0.1, 0.15) is 5.69 Å². The number of nitrogens with one attached hydrogen (secondary N) is 1. The Morgan fingerprint density at radius 2 is 2.25 bits per heavy atom. The summed E-state index contributed by atoms with van der Waals surface area (Å²) < 4.78 is 14.8. The highest BCUT2D eigenvalue weighted by Crippen LogP contribution is 2.08. The van der Waals surface area contributed by atoms with Crippen LogP contribution in [-0.2, 0) is 6.54 Å². The number of hydrogen-bond acceptors (Lipinski definition) is 2. The average molecular weight is 219 g/mol. The van der Waals surface area contributed by atoms with Crippen LogP contribution in [0.15, 0.2) is 36.5 Å². The Balaban J connectivity index is 1.87. The second-order valence-electron chi connectivity index (χ2n) is 3.63. The largest absolute Gasteiger partial charge is 0.383 e. The van der Waals surface area contributed by atoms with E-state index in [2.05, 4.69) is 10.4 Å². The van der Waals surface area contributed by atoms with E-state index in [4.69, 9.17) is 0 Å². The zero-order chi connectivity index (χ0) is 11.4. The van der Waals surface area contributed by atoms with Gasteiger partial charge in [0.25, 0.3) is 0 Å². The van der Waals surface area contributed by atoms with Gasteiger partial charge in [-0.3, -0.25) is 4.68 Å². The number of halogens is 1. The van der Waals surface area contributed by atoms with Gasteiger partial charge >= 0.3 is 0 Å². The van der Waals surface area contributed by atoms with E-state index >= 15 is 0 Å². The Bertz CT molecular complexity index is 465. The van der Waals surface area contributed by atoms with E-state index in [1.54, 1.807) is 12.3 Å². The first-order valence-electron chi connectivity index (χ1n) is 5.23. The van der Waals surface area contributed by atoms with Gasteiger partial charge in [0.2, 0.25) is 0 Å². The second-order valence-corrected chi connectivity index (χ2v) is 3.63. The van der Waals surface area contributed by atoms with Crippen molar-refractivity contribution >= 4 is 5.69 Å². The Hall–Kier alpha value is -1.84. The molecule has 0 atom stereocenters. The number of anilines is 1. The van der Waals surface area contributed by atoms with Crippen LogP contribution in [0.4, 0.5) is 10.1 Å². The molecule has 1 N–H and O–H groups in total. The van der Waals surface area contributed by atoms with Crippen molar-refractivity contribution < 1.29 is 4.39 Å². The lowest BCUT2D eigenvalue weighted by Crippen LogP contribution is -2.12. The van der Waals surface area contributed by atoms with Crippen LogP contribution in [-0.4, -0.2) is 16.3 Å². The smallest absolute Gasteiger partial charge is 0.125 e. The minimum atomic E-state index is -0.222. The van der Waals surface area contributed by atoms with Crippen LogP contribution in [0.3, 0.4) is 0 Å². The molecule has 0 aliphatic rings. The lowest BCUT2D eigenvalue weighted by atomic mass is 10.3. The average Bonchev–Trinajstić information content (AvgIpc) is 2.65. The molecular formula is C12H14FN3. The highest BCUT2D eigenvalue weighted by Gasteiger charge is 1.97. The number of aryl methyl sites for hydroxylation is 1. The lowest BCUT2D eigenvalue weighted by Gasteiger charge is -2.07. The maximum Gasteiger partial charge on any atom is 0.125 e. The Morgan fingerprint density at radius 3 is 2.94 bits per heavy atom. The van der Waals surface area contributed by atoms with E-state index in [9.17, 15) is 4.39 Å². The van der Waals surface area contributed by atoms with E-state index < -0.39 is 0 Å². The highest BCUT2D eigenvalue weighted by molar-refractivity contribution is 5.42. The van der Waals surface area contributed by atoms with Crippen LogP contribution in [0.5, 0.6) is 0 Å². The van der Waals surface area contributed by atoms with Gasteiger partial charge < -0.3 is 5.32 Å². The molecule has 2 rings (SSSR count). The second kappa shape index (κ2) is 4.79. The highest BCUT2D eigenvalue weighted by atomic mass is 19.1. The van der Waals surface area contributed by atoms with Crippen molar-refractivity contribution in [2.45, 2.75) is 13.5 Å². The summed E-state index contributed by atoms with van der Waals surface area (Å²) in [5, 5.41) is 7.32.